The van der Waals surface area contributed by atoms with Gasteiger partial charge in [0.15, 0.2) is 0 Å². The Labute approximate surface area is 243 Å². The van der Waals surface area contributed by atoms with Crippen molar-refractivity contribution in [2.24, 2.45) is 0 Å². The molecule has 0 bridgehead atoms. The zero-order valence-corrected chi connectivity index (χ0v) is 24.8. The molecule has 0 radical (unpaired) electrons. The molecule has 2 amide bonds. The second kappa shape index (κ2) is 11.6. The predicted octanol–water partition coefficient (Wildman–Crippen LogP) is 4.46. The zero-order chi connectivity index (χ0) is 29.3. The number of carbonyl (C=O) groups is 3. The molecule has 10 nitrogen and oxygen atoms in total. The average molecular weight is 580 g/mol. The Morgan fingerprint density at radius 3 is 2.49 bits per heavy atom. The number of aromatic nitrogens is 1. The van der Waals surface area contributed by atoms with Gasteiger partial charge >= 0.3 is 12.1 Å². The van der Waals surface area contributed by atoms with E-state index in [0.717, 1.165) is 47.4 Å². The first kappa shape index (κ1) is 28.7. The summed E-state index contributed by atoms with van der Waals surface area (Å²) < 4.78 is 10.9. The first-order valence-electron chi connectivity index (χ1n) is 14.0. The number of nitrogens with one attached hydrogen (secondary N) is 1. The first-order valence-corrected chi connectivity index (χ1v) is 14.8. The van der Waals surface area contributed by atoms with Crippen molar-refractivity contribution in [1.82, 2.24) is 15.2 Å². The predicted molar refractivity (Wildman–Crippen MR) is 159 cm³/mol. The third-order valence-corrected chi connectivity index (χ3v) is 8.37. The summed E-state index contributed by atoms with van der Waals surface area (Å²) in [7, 11) is 0. The lowest BCUT2D eigenvalue weighted by Gasteiger charge is -2.36. The van der Waals surface area contributed by atoms with Gasteiger partial charge in [-0.05, 0) is 69.4 Å². The molecule has 2 aromatic heterocycles. The van der Waals surface area contributed by atoms with Crippen LogP contribution in [0.25, 0.3) is 10.2 Å². The molecule has 3 N–H and O–H groups in total. The van der Waals surface area contributed by atoms with Gasteiger partial charge < -0.3 is 30.3 Å². The summed E-state index contributed by atoms with van der Waals surface area (Å²) >= 11 is 1.26. The third-order valence-electron chi connectivity index (χ3n) is 7.26. The molecular weight excluding hydrogens is 542 g/mol. The fourth-order valence-corrected chi connectivity index (χ4v) is 6.23. The Morgan fingerprint density at radius 2 is 1.83 bits per heavy atom. The van der Waals surface area contributed by atoms with Gasteiger partial charge in [-0.25, -0.2) is 9.78 Å². The second-order valence-corrected chi connectivity index (χ2v) is 12.5. The standard InChI is InChI=1S/C30H37N5O5S/c1-18(36)39-23-10-7-20-17-22-24(31)26(41-28(22)33-25(20)23)27(37)32-12-11-19-5-8-21(9-6-19)34-13-15-35(16-14-34)29(38)40-30(2,3)4/h5-6,8-9,17,23H,7,10-16,31H2,1-4H3,(H,32,37). The maximum atomic E-state index is 13.0. The Morgan fingerprint density at radius 1 is 1.12 bits per heavy atom. The van der Waals surface area contributed by atoms with Crippen LogP contribution in [0.4, 0.5) is 16.2 Å². The molecule has 1 aliphatic carbocycles. The van der Waals surface area contributed by atoms with Crippen molar-refractivity contribution in [1.29, 1.82) is 0 Å². The van der Waals surface area contributed by atoms with Crippen LogP contribution in [0.15, 0.2) is 30.3 Å². The van der Waals surface area contributed by atoms with Crippen molar-refractivity contribution in [2.75, 3.05) is 43.4 Å². The van der Waals surface area contributed by atoms with Crippen molar-refractivity contribution >= 4 is 50.9 Å². The number of rotatable bonds is 6. The number of nitrogens with zero attached hydrogens (tertiary/aromatic N) is 3. The number of nitrogens with two attached hydrogens (primary N) is 1. The van der Waals surface area contributed by atoms with E-state index in [1.807, 2.05) is 26.8 Å². The number of esters is 1. The highest BCUT2D eigenvalue weighted by Crippen LogP contribution is 2.39. The van der Waals surface area contributed by atoms with E-state index in [-0.39, 0.29) is 24.1 Å². The van der Waals surface area contributed by atoms with Crippen LogP contribution in [-0.2, 0) is 27.1 Å². The molecule has 0 saturated carbocycles. The Balaban J connectivity index is 1.13. The molecule has 5 rings (SSSR count). The van der Waals surface area contributed by atoms with Crippen molar-refractivity contribution < 1.29 is 23.9 Å². The van der Waals surface area contributed by atoms with E-state index >= 15 is 0 Å². The van der Waals surface area contributed by atoms with E-state index in [0.29, 0.717) is 47.9 Å². The number of piperazine rings is 1. The van der Waals surface area contributed by atoms with Crippen LogP contribution < -0.4 is 16.0 Å². The van der Waals surface area contributed by atoms with Crippen molar-refractivity contribution in [2.45, 2.75) is 58.7 Å². The third kappa shape index (κ3) is 6.56. The van der Waals surface area contributed by atoms with E-state index in [4.69, 9.17) is 20.2 Å². The minimum atomic E-state index is -0.497. The van der Waals surface area contributed by atoms with E-state index < -0.39 is 5.60 Å². The van der Waals surface area contributed by atoms with Crippen molar-refractivity contribution in [3.8, 4) is 0 Å². The molecule has 1 unspecified atom stereocenters. The molecule has 1 aromatic carbocycles. The maximum absolute atomic E-state index is 13.0. The number of anilines is 2. The van der Waals surface area contributed by atoms with Gasteiger partial charge in [-0.2, -0.15) is 0 Å². The molecule has 3 aromatic rings. The van der Waals surface area contributed by atoms with Gasteiger partial charge in [0, 0.05) is 50.7 Å². The topological polar surface area (TPSA) is 127 Å². The van der Waals surface area contributed by atoms with Crippen molar-refractivity contribution in [3.05, 3.63) is 52.0 Å². The molecule has 0 spiro atoms. The average Bonchev–Trinajstić information content (AvgIpc) is 3.46. The lowest BCUT2D eigenvalue weighted by molar-refractivity contribution is -0.146. The highest BCUT2D eigenvalue weighted by Gasteiger charge is 2.29. The van der Waals surface area contributed by atoms with Gasteiger partial charge in [-0.1, -0.05) is 12.1 Å². The van der Waals surface area contributed by atoms with E-state index in [1.165, 1.54) is 18.3 Å². The summed E-state index contributed by atoms with van der Waals surface area (Å²) in [5, 5.41) is 3.75. The fourth-order valence-electron chi connectivity index (χ4n) is 5.23. The molecule has 41 heavy (non-hydrogen) atoms. The lowest BCUT2D eigenvalue weighted by atomic mass is 10.1. The number of pyridine rings is 1. The maximum Gasteiger partial charge on any atom is 0.410 e. The van der Waals surface area contributed by atoms with E-state index in [2.05, 4.69) is 34.5 Å². The SMILES string of the molecule is CC(=O)OC1CCc2cc3c(N)c(C(=O)NCCc4ccc(N5CCN(C(=O)OC(C)(C)C)CC5)cc4)sc3nc21. The fraction of sp³-hybridized carbons (Fsp3) is 0.467. The molecule has 1 atom stereocenters. The summed E-state index contributed by atoms with van der Waals surface area (Å²) in [5.74, 6) is -0.551. The van der Waals surface area contributed by atoms with Crippen LogP contribution in [-0.4, -0.2) is 66.2 Å². The number of thiophene rings is 1. The molecule has 3 heterocycles. The Bertz CT molecular complexity index is 1450. The summed E-state index contributed by atoms with van der Waals surface area (Å²) in [5.41, 5.74) is 10.3. The van der Waals surface area contributed by atoms with Gasteiger partial charge in [0.2, 0.25) is 0 Å². The number of hydrogen-bond acceptors (Lipinski definition) is 9. The largest absolute Gasteiger partial charge is 0.456 e. The van der Waals surface area contributed by atoms with Crippen LogP contribution >= 0.6 is 11.3 Å². The van der Waals surface area contributed by atoms with Crippen LogP contribution in [0.5, 0.6) is 0 Å². The van der Waals surface area contributed by atoms with Gasteiger partial charge in [0.1, 0.15) is 21.4 Å². The van der Waals surface area contributed by atoms with Crippen LogP contribution in [0.1, 0.15) is 66.7 Å². The zero-order valence-electron chi connectivity index (χ0n) is 24.0. The number of ether oxygens (including phenoxy) is 2. The van der Waals surface area contributed by atoms with E-state index in [9.17, 15) is 14.4 Å². The molecular formula is C30H37N5O5S. The van der Waals surface area contributed by atoms with Gasteiger partial charge in [-0.3, -0.25) is 9.59 Å². The second-order valence-electron chi connectivity index (χ2n) is 11.5. The summed E-state index contributed by atoms with van der Waals surface area (Å²) in [6.45, 7) is 10.2. The molecule has 1 saturated heterocycles. The Hall–Kier alpha value is -3.86. The molecule has 1 aliphatic heterocycles. The highest BCUT2D eigenvalue weighted by molar-refractivity contribution is 7.21. The quantitative estimate of drug-likeness (QED) is 0.410. The number of hydrogen-bond donors (Lipinski definition) is 2. The molecule has 218 valence electrons. The van der Waals surface area contributed by atoms with Gasteiger partial charge in [-0.15, -0.1) is 11.3 Å². The number of amides is 2. The number of fused-ring (bicyclic) bond motifs is 2. The van der Waals surface area contributed by atoms with Crippen LogP contribution in [0.3, 0.4) is 0 Å². The van der Waals surface area contributed by atoms with Crippen LogP contribution in [0, 0.1) is 0 Å². The number of aryl methyl sites for hydroxylation is 1. The summed E-state index contributed by atoms with van der Waals surface area (Å²) in [6, 6.07) is 10.3. The lowest BCUT2D eigenvalue weighted by Crippen LogP contribution is -2.50. The highest BCUT2D eigenvalue weighted by atomic mass is 32.1. The minimum Gasteiger partial charge on any atom is -0.456 e. The number of nitrogen functional groups attached to an aromatic ring is 1. The first-order chi connectivity index (χ1) is 19.5. The number of carbonyl (C=O) groups excluding carboxylic acids is 3. The molecule has 2 aliphatic rings. The van der Waals surface area contributed by atoms with Gasteiger partial charge in [0.25, 0.3) is 5.91 Å². The minimum absolute atomic E-state index is 0.221. The number of benzene rings is 1. The Kier molecular flexibility index (Phi) is 8.08. The summed E-state index contributed by atoms with van der Waals surface area (Å²) in [6.07, 6.45) is 1.53. The van der Waals surface area contributed by atoms with Gasteiger partial charge in [0.05, 0.1) is 11.4 Å². The molecule has 1 fully saturated rings. The monoisotopic (exact) mass is 579 g/mol. The normalized spacial score (nSPS) is 16.9. The smallest absolute Gasteiger partial charge is 0.410 e. The van der Waals surface area contributed by atoms with E-state index in [1.54, 1.807) is 4.90 Å². The van der Waals surface area contributed by atoms with Crippen molar-refractivity contribution in [3.63, 3.8) is 0 Å². The molecule has 11 heteroatoms. The van der Waals surface area contributed by atoms with Crippen LogP contribution in [0.2, 0.25) is 0 Å². The summed E-state index contributed by atoms with van der Waals surface area (Å²) in [4.78, 5) is 46.6.